The summed E-state index contributed by atoms with van der Waals surface area (Å²) in [6.07, 6.45) is 4.44. The van der Waals surface area contributed by atoms with E-state index in [-0.39, 0.29) is 5.41 Å². The fraction of sp³-hybridized carbons (Fsp3) is 0.333. The standard InChI is InChI=1S/C24H29N/c1-16(2)12-15-22-23-17(3)20(19-10-8-7-9-11-19)13-14-21(23)24(5,6)18(4)25-22/h7-15,18,25H,1-6H3/b22-15-. The summed E-state index contributed by atoms with van der Waals surface area (Å²) in [4.78, 5) is 0. The maximum atomic E-state index is 3.75. The molecule has 0 fully saturated rings. The lowest BCUT2D eigenvalue weighted by Gasteiger charge is -2.42. The van der Waals surface area contributed by atoms with Crippen molar-refractivity contribution in [2.45, 2.75) is 53.0 Å². The highest BCUT2D eigenvalue weighted by atomic mass is 15.0. The van der Waals surface area contributed by atoms with E-state index in [4.69, 9.17) is 0 Å². The Labute approximate surface area is 152 Å². The lowest BCUT2D eigenvalue weighted by Crippen LogP contribution is -2.46. The van der Waals surface area contributed by atoms with Crippen molar-refractivity contribution in [1.82, 2.24) is 5.32 Å². The Bertz CT molecular complexity index is 834. The Balaban J connectivity index is 2.26. The third-order valence-electron chi connectivity index (χ3n) is 5.55. The molecule has 0 amide bonds. The molecular formula is C24H29N. The molecule has 0 bridgehead atoms. The molecule has 0 saturated heterocycles. The number of benzene rings is 2. The van der Waals surface area contributed by atoms with E-state index >= 15 is 0 Å². The van der Waals surface area contributed by atoms with E-state index in [2.05, 4.69) is 101 Å². The maximum absolute atomic E-state index is 3.75. The Morgan fingerprint density at radius 3 is 2.36 bits per heavy atom. The zero-order chi connectivity index (χ0) is 18.2. The highest BCUT2D eigenvalue weighted by molar-refractivity contribution is 5.81. The molecule has 1 heteroatoms. The van der Waals surface area contributed by atoms with Crippen molar-refractivity contribution in [1.29, 1.82) is 0 Å². The van der Waals surface area contributed by atoms with Crippen LogP contribution >= 0.6 is 0 Å². The van der Waals surface area contributed by atoms with Gasteiger partial charge in [-0.05, 0) is 56.0 Å². The van der Waals surface area contributed by atoms with Crippen molar-refractivity contribution >= 4 is 5.70 Å². The highest BCUT2D eigenvalue weighted by Gasteiger charge is 2.36. The number of nitrogens with one attached hydrogen (secondary N) is 1. The normalized spacial score (nSPS) is 19.9. The van der Waals surface area contributed by atoms with E-state index in [1.165, 1.54) is 39.1 Å². The minimum absolute atomic E-state index is 0.0949. The minimum Gasteiger partial charge on any atom is -0.381 e. The first-order valence-electron chi connectivity index (χ1n) is 9.14. The summed E-state index contributed by atoms with van der Waals surface area (Å²) < 4.78 is 0. The fourth-order valence-electron chi connectivity index (χ4n) is 3.63. The van der Waals surface area contributed by atoms with E-state index in [0.29, 0.717) is 6.04 Å². The van der Waals surface area contributed by atoms with Crippen LogP contribution < -0.4 is 5.32 Å². The third-order valence-corrected chi connectivity index (χ3v) is 5.55. The molecule has 1 atom stereocenters. The Kier molecular flexibility index (Phi) is 4.60. The van der Waals surface area contributed by atoms with Crippen molar-refractivity contribution in [3.63, 3.8) is 0 Å². The molecule has 0 spiro atoms. The van der Waals surface area contributed by atoms with Gasteiger partial charge in [0.05, 0.1) is 0 Å². The fourth-order valence-corrected chi connectivity index (χ4v) is 3.63. The van der Waals surface area contributed by atoms with Crippen LogP contribution in [0.15, 0.2) is 60.2 Å². The molecule has 1 unspecified atom stereocenters. The molecule has 1 N–H and O–H groups in total. The van der Waals surface area contributed by atoms with Crippen molar-refractivity contribution in [3.8, 4) is 11.1 Å². The largest absolute Gasteiger partial charge is 0.381 e. The maximum Gasteiger partial charge on any atom is 0.0422 e. The first kappa shape index (κ1) is 17.5. The quantitative estimate of drug-likeness (QED) is 0.687. The van der Waals surface area contributed by atoms with Crippen LogP contribution in [0, 0.1) is 6.92 Å². The van der Waals surface area contributed by atoms with Crippen LogP contribution in [0.25, 0.3) is 16.8 Å². The zero-order valence-corrected chi connectivity index (χ0v) is 16.3. The molecule has 0 saturated carbocycles. The molecule has 2 aromatic rings. The topological polar surface area (TPSA) is 12.0 Å². The van der Waals surface area contributed by atoms with Gasteiger partial charge >= 0.3 is 0 Å². The second-order valence-electron chi connectivity index (χ2n) is 7.94. The van der Waals surface area contributed by atoms with Gasteiger partial charge < -0.3 is 5.32 Å². The molecular weight excluding hydrogens is 302 g/mol. The van der Waals surface area contributed by atoms with E-state index < -0.39 is 0 Å². The zero-order valence-electron chi connectivity index (χ0n) is 16.3. The lowest BCUT2D eigenvalue weighted by atomic mass is 9.71. The second kappa shape index (κ2) is 6.55. The van der Waals surface area contributed by atoms with Gasteiger partial charge in [-0.25, -0.2) is 0 Å². The van der Waals surface area contributed by atoms with Crippen LogP contribution in [0.5, 0.6) is 0 Å². The molecule has 1 nitrogen and oxygen atoms in total. The summed E-state index contributed by atoms with van der Waals surface area (Å²) in [6, 6.07) is 15.7. The number of allylic oxidation sites excluding steroid dienone is 3. The van der Waals surface area contributed by atoms with Crippen LogP contribution in [0.4, 0.5) is 0 Å². The van der Waals surface area contributed by atoms with Crippen LogP contribution in [-0.4, -0.2) is 6.04 Å². The average molecular weight is 332 g/mol. The van der Waals surface area contributed by atoms with Crippen molar-refractivity contribution in [3.05, 3.63) is 76.9 Å². The average Bonchev–Trinajstić information content (AvgIpc) is 2.58. The van der Waals surface area contributed by atoms with Crippen LogP contribution in [-0.2, 0) is 5.41 Å². The lowest BCUT2D eigenvalue weighted by molar-refractivity contribution is 0.385. The smallest absolute Gasteiger partial charge is 0.0422 e. The van der Waals surface area contributed by atoms with E-state index in [1.807, 2.05) is 0 Å². The molecule has 1 aliphatic rings. The van der Waals surface area contributed by atoms with E-state index in [9.17, 15) is 0 Å². The summed E-state index contributed by atoms with van der Waals surface area (Å²) in [5.41, 5.74) is 9.38. The first-order valence-corrected chi connectivity index (χ1v) is 9.14. The van der Waals surface area contributed by atoms with Gasteiger partial charge in [0, 0.05) is 22.7 Å². The number of hydrogen-bond acceptors (Lipinski definition) is 1. The molecule has 25 heavy (non-hydrogen) atoms. The molecule has 1 aliphatic heterocycles. The molecule has 2 aromatic carbocycles. The molecule has 0 aliphatic carbocycles. The Morgan fingerprint density at radius 2 is 1.72 bits per heavy atom. The van der Waals surface area contributed by atoms with Crippen molar-refractivity contribution in [2.24, 2.45) is 0 Å². The predicted octanol–water partition coefficient (Wildman–Crippen LogP) is 6.24. The van der Waals surface area contributed by atoms with Gasteiger partial charge in [0.1, 0.15) is 0 Å². The SMILES string of the molecule is CC(C)=C/C=C1\NC(C)C(C)(C)c2ccc(-c3ccccc3)c(C)c21. The summed E-state index contributed by atoms with van der Waals surface area (Å²) in [6.45, 7) is 13.5. The molecule has 130 valence electrons. The van der Waals surface area contributed by atoms with Gasteiger partial charge in [0.15, 0.2) is 0 Å². The van der Waals surface area contributed by atoms with Gasteiger partial charge in [0.2, 0.25) is 0 Å². The Morgan fingerprint density at radius 1 is 1.04 bits per heavy atom. The Hall–Kier alpha value is -2.28. The first-order chi connectivity index (χ1) is 11.8. The van der Waals surface area contributed by atoms with Gasteiger partial charge in [0.25, 0.3) is 0 Å². The summed E-state index contributed by atoms with van der Waals surface area (Å²) in [5, 5.41) is 3.75. The molecule has 1 heterocycles. The number of fused-ring (bicyclic) bond motifs is 1. The molecule has 0 aromatic heterocycles. The van der Waals surface area contributed by atoms with Crippen LogP contribution in [0.1, 0.15) is 51.3 Å². The monoisotopic (exact) mass is 331 g/mol. The molecule has 3 rings (SSSR count). The minimum atomic E-state index is 0.0949. The summed E-state index contributed by atoms with van der Waals surface area (Å²) >= 11 is 0. The van der Waals surface area contributed by atoms with Crippen molar-refractivity contribution in [2.75, 3.05) is 0 Å². The number of rotatable bonds is 2. The van der Waals surface area contributed by atoms with Crippen molar-refractivity contribution < 1.29 is 0 Å². The summed E-state index contributed by atoms with van der Waals surface area (Å²) in [5.74, 6) is 0. The van der Waals surface area contributed by atoms with E-state index in [0.717, 1.165) is 0 Å². The number of hydrogen-bond donors (Lipinski definition) is 1. The van der Waals surface area contributed by atoms with Crippen LogP contribution in [0.3, 0.4) is 0 Å². The summed E-state index contributed by atoms with van der Waals surface area (Å²) in [7, 11) is 0. The van der Waals surface area contributed by atoms with E-state index in [1.54, 1.807) is 0 Å². The van der Waals surface area contributed by atoms with Gasteiger partial charge in [-0.15, -0.1) is 0 Å². The third kappa shape index (κ3) is 3.16. The second-order valence-corrected chi connectivity index (χ2v) is 7.94. The van der Waals surface area contributed by atoms with Gasteiger partial charge in [-0.1, -0.05) is 68.0 Å². The van der Waals surface area contributed by atoms with Gasteiger partial charge in [-0.3, -0.25) is 0 Å². The van der Waals surface area contributed by atoms with Crippen LogP contribution in [0.2, 0.25) is 0 Å². The predicted molar refractivity (Wildman–Crippen MR) is 110 cm³/mol. The highest BCUT2D eigenvalue weighted by Crippen LogP contribution is 2.42. The van der Waals surface area contributed by atoms with Gasteiger partial charge in [-0.2, -0.15) is 0 Å². The molecule has 0 radical (unpaired) electrons.